The molecule has 5 heteroatoms. The molecule has 178 valence electrons. The molecule has 0 radical (unpaired) electrons. The van der Waals surface area contributed by atoms with Crippen molar-refractivity contribution >= 4 is 5.97 Å². The Balaban J connectivity index is 1.25. The molecule has 3 fully saturated rings. The second kappa shape index (κ2) is 10.8. The lowest BCUT2D eigenvalue weighted by molar-refractivity contribution is -0.140. The highest BCUT2D eigenvalue weighted by molar-refractivity contribution is 5.75. The number of allylic oxidation sites excluding steroid dienone is 1. The number of ether oxygens (including phenoxy) is 1. The molecular formula is C28H35F2NO2. The van der Waals surface area contributed by atoms with E-state index in [2.05, 4.69) is 12.7 Å². The average Bonchev–Trinajstić information content (AvgIpc) is 2.82. The molecule has 3 nitrogen and oxygen atoms in total. The fourth-order valence-corrected chi connectivity index (χ4v) is 6.81. The molecule has 0 amide bonds. The van der Waals surface area contributed by atoms with E-state index in [1.165, 1.54) is 51.0 Å². The number of carbonyl (C=O) groups excluding carboxylic acids is 1. The minimum Gasteiger partial charge on any atom is -0.426 e. The van der Waals surface area contributed by atoms with Crippen LogP contribution in [0.3, 0.4) is 0 Å². The summed E-state index contributed by atoms with van der Waals surface area (Å²) >= 11 is 0. The zero-order valence-corrected chi connectivity index (χ0v) is 19.4. The number of esters is 1. The van der Waals surface area contributed by atoms with Crippen LogP contribution < -0.4 is 4.74 Å². The zero-order chi connectivity index (χ0) is 23.4. The molecule has 3 aliphatic carbocycles. The third kappa shape index (κ3) is 5.65. The van der Waals surface area contributed by atoms with E-state index < -0.39 is 23.2 Å². The fourth-order valence-electron chi connectivity index (χ4n) is 6.81. The molecule has 3 aliphatic rings. The van der Waals surface area contributed by atoms with Crippen LogP contribution in [-0.4, -0.2) is 5.97 Å². The summed E-state index contributed by atoms with van der Waals surface area (Å²) in [5.74, 6) is 1.31. The Labute approximate surface area is 196 Å². The molecule has 0 saturated heterocycles. The predicted molar refractivity (Wildman–Crippen MR) is 123 cm³/mol. The number of nitrogens with zero attached hydrogens (tertiary/aromatic N) is 1. The Morgan fingerprint density at radius 1 is 0.970 bits per heavy atom. The molecule has 33 heavy (non-hydrogen) atoms. The van der Waals surface area contributed by atoms with Crippen LogP contribution in [-0.2, 0) is 4.79 Å². The number of benzene rings is 1. The monoisotopic (exact) mass is 455 g/mol. The molecule has 3 saturated carbocycles. The third-order valence-corrected chi connectivity index (χ3v) is 8.66. The van der Waals surface area contributed by atoms with Gasteiger partial charge in [0.15, 0.2) is 0 Å². The van der Waals surface area contributed by atoms with Crippen molar-refractivity contribution in [3.8, 4) is 11.8 Å². The highest BCUT2D eigenvalue weighted by atomic mass is 19.1. The van der Waals surface area contributed by atoms with E-state index in [-0.39, 0.29) is 11.7 Å². The van der Waals surface area contributed by atoms with E-state index >= 15 is 0 Å². The largest absolute Gasteiger partial charge is 0.426 e. The van der Waals surface area contributed by atoms with Gasteiger partial charge in [0, 0.05) is 12.1 Å². The van der Waals surface area contributed by atoms with Crippen LogP contribution in [0.15, 0.2) is 24.8 Å². The summed E-state index contributed by atoms with van der Waals surface area (Å²) in [6.07, 6.45) is 16.3. The van der Waals surface area contributed by atoms with Crippen molar-refractivity contribution in [3.05, 3.63) is 42.0 Å². The van der Waals surface area contributed by atoms with Crippen LogP contribution >= 0.6 is 0 Å². The normalized spacial score (nSPS) is 31.8. The standard InChI is InChI=1S/C28H35F2NO2/c1-2-3-4-18-5-6-23-14-22(12-11-21(23)13-18)19-7-9-20(10-8-19)28(32)33-24-15-26(29)25(17-31)27(30)16-24/h2,15-16,18-23H,1,3-14H2. The molecule has 4 unspecified atom stereocenters. The first-order chi connectivity index (χ1) is 16.0. The van der Waals surface area contributed by atoms with Gasteiger partial charge in [-0.05, 0) is 100 Å². The highest BCUT2D eigenvalue weighted by Crippen LogP contribution is 2.49. The van der Waals surface area contributed by atoms with Crippen molar-refractivity contribution in [3.63, 3.8) is 0 Å². The van der Waals surface area contributed by atoms with Crippen molar-refractivity contribution in [2.45, 2.75) is 77.0 Å². The SMILES string of the molecule is C=CCCC1CCC2CC(C3CCC(C(=O)Oc4cc(F)c(C#N)c(F)c4)CC3)CCC2C1. The number of hydrogen-bond acceptors (Lipinski definition) is 3. The lowest BCUT2D eigenvalue weighted by Gasteiger charge is -2.45. The molecule has 0 aromatic heterocycles. The average molecular weight is 456 g/mol. The van der Waals surface area contributed by atoms with Crippen LogP contribution in [0.2, 0.25) is 0 Å². The molecule has 1 aromatic rings. The lowest BCUT2D eigenvalue weighted by atomic mass is 9.60. The van der Waals surface area contributed by atoms with Crippen molar-refractivity contribution < 1.29 is 18.3 Å². The van der Waals surface area contributed by atoms with Gasteiger partial charge in [0.25, 0.3) is 0 Å². The Morgan fingerprint density at radius 2 is 1.55 bits per heavy atom. The van der Waals surface area contributed by atoms with Crippen LogP contribution in [0.25, 0.3) is 0 Å². The summed E-state index contributed by atoms with van der Waals surface area (Å²) in [4.78, 5) is 12.6. The van der Waals surface area contributed by atoms with Crippen molar-refractivity contribution in [1.29, 1.82) is 5.26 Å². The molecule has 0 aliphatic heterocycles. The van der Waals surface area contributed by atoms with Gasteiger partial charge in [0.05, 0.1) is 5.92 Å². The molecule has 1 aromatic carbocycles. The molecule has 0 spiro atoms. The second-order valence-corrected chi connectivity index (χ2v) is 10.5. The molecule has 4 rings (SSSR count). The summed E-state index contributed by atoms with van der Waals surface area (Å²) in [6.45, 7) is 3.87. The van der Waals surface area contributed by atoms with E-state index in [0.717, 1.165) is 67.9 Å². The van der Waals surface area contributed by atoms with Gasteiger partial charge in [-0.1, -0.05) is 12.5 Å². The number of hydrogen-bond donors (Lipinski definition) is 0. The highest BCUT2D eigenvalue weighted by Gasteiger charge is 2.39. The van der Waals surface area contributed by atoms with Gasteiger partial charge in [0.2, 0.25) is 0 Å². The van der Waals surface area contributed by atoms with Crippen LogP contribution in [0.5, 0.6) is 5.75 Å². The van der Waals surface area contributed by atoms with Crippen LogP contribution in [0.4, 0.5) is 8.78 Å². The third-order valence-electron chi connectivity index (χ3n) is 8.66. The second-order valence-electron chi connectivity index (χ2n) is 10.5. The van der Waals surface area contributed by atoms with Crippen molar-refractivity contribution in [2.75, 3.05) is 0 Å². The van der Waals surface area contributed by atoms with Crippen LogP contribution in [0.1, 0.15) is 82.6 Å². The lowest BCUT2D eigenvalue weighted by Crippen LogP contribution is -2.35. The number of halogens is 2. The van der Waals surface area contributed by atoms with Gasteiger partial charge < -0.3 is 4.74 Å². The zero-order valence-electron chi connectivity index (χ0n) is 19.4. The Kier molecular flexibility index (Phi) is 7.83. The van der Waals surface area contributed by atoms with Gasteiger partial charge in [-0.3, -0.25) is 4.79 Å². The van der Waals surface area contributed by atoms with Gasteiger partial charge >= 0.3 is 5.97 Å². The van der Waals surface area contributed by atoms with Crippen LogP contribution in [0, 0.1) is 58.5 Å². The maximum absolute atomic E-state index is 13.8. The minimum absolute atomic E-state index is 0.168. The van der Waals surface area contributed by atoms with E-state index in [1.54, 1.807) is 0 Å². The number of carbonyl (C=O) groups is 1. The minimum atomic E-state index is -1.01. The predicted octanol–water partition coefficient (Wildman–Crippen LogP) is 7.35. The quantitative estimate of drug-likeness (QED) is 0.256. The van der Waals surface area contributed by atoms with Crippen molar-refractivity contribution in [1.82, 2.24) is 0 Å². The number of rotatable bonds is 6. The van der Waals surface area contributed by atoms with E-state index in [0.29, 0.717) is 5.92 Å². The van der Waals surface area contributed by atoms with E-state index in [4.69, 9.17) is 10.00 Å². The molecule has 0 bridgehead atoms. The summed E-state index contributed by atoms with van der Waals surface area (Å²) in [5, 5.41) is 8.77. The Bertz CT molecular complexity index is 877. The maximum Gasteiger partial charge on any atom is 0.314 e. The van der Waals surface area contributed by atoms with E-state index in [9.17, 15) is 13.6 Å². The van der Waals surface area contributed by atoms with Gasteiger partial charge in [-0.25, -0.2) is 8.78 Å². The van der Waals surface area contributed by atoms with E-state index in [1.807, 2.05) is 0 Å². The maximum atomic E-state index is 13.8. The first-order valence-corrected chi connectivity index (χ1v) is 12.7. The topological polar surface area (TPSA) is 50.1 Å². The Morgan fingerprint density at radius 3 is 2.18 bits per heavy atom. The molecular weight excluding hydrogens is 420 g/mol. The fraction of sp³-hybridized carbons (Fsp3) is 0.643. The van der Waals surface area contributed by atoms with Gasteiger partial charge in [-0.15, -0.1) is 6.58 Å². The summed E-state index contributed by atoms with van der Waals surface area (Å²) in [7, 11) is 0. The first kappa shape index (κ1) is 23.9. The number of nitriles is 1. The summed E-state index contributed by atoms with van der Waals surface area (Å²) in [5.41, 5.74) is -0.657. The number of fused-ring (bicyclic) bond motifs is 1. The molecule has 4 atom stereocenters. The van der Waals surface area contributed by atoms with Gasteiger partial charge in [-0.2, -0.15) is 5.26 Å². The van der Waals surface area contributed by atoms with Gasteiger partial charge in [0.1, 0.15) is 29.0 Å². The molecule has 0 N–H and O–H groups in total. The first-order valence-electron chi connectivity index (χ1n) is 12.7. The van der Waals surface area contributed by atoms with Crippen molar-refractivity contribution in [2.24, 2.45) is 35.5 Å². The molecule has 0 heterocycles. The smallest absolute Gasteiger partial charge is 0.314 e. The Hall–Kier alpha value is -2.22. The summed E-state index contributed by atoms with van der Waals surface area (Å²) in [6, 6.07) is 3.30. The summed E-state index contributed by atoms with van der Waals surface area (Å²) < 4.78 is 32.9.